The van der Waals surface area contributed by atoms with Crippen molar-refractivity contribution < 1.29 is 14.3 Å². The Morgan fingerprint density at radius 1 is 1.33 bits per heavy atom. The van der Waals surface area contributed by atoms with Crippen LogP contribution in [0.15, 0.2) is 24.3 Å². The first-order chi connectivity index (χ1) is 11.7. The quantitative estimate of drug-likeness (QED) is 0.884. The van der Waals surface area contributed by atoms with Crippen LogP contribution in [0.25, 0.3) is 0 Å². The molecule has 0 saturated carbocycles. The molecular weight excluding hydrogens is 328 g/mol. The van der Waals surface area contributed by atoms with E-state index in [1.165, 1.54) is 0 Å². The van der Waals surface area contributed by atoms with E-state index in [2.05, 4.69) is 5.32 Å². The highest BCUT2D eigenvalue weighted by Crippen LogP contribution is 2.25. The van der Waals surface area contributed by atoms with E-state index in [1.807, 2.05) is 29.2 Å². The first-order valence-corrected chi connectivity index (χ1v) is 9.07. The summed E-state index contributed by atoms with van der Waals surface area (Å²) in [6.07, 6.45) is 2.53. The zero-order valence-corrected chi connectivity index (χ0v) is 14.6. The molecule has 1 aromatic carbocycles. The maximum Gasteiger partial charge on any atom is 0.224 e. The number of nitrogens with zero attached hydrogens (tertiary/aromatic N) is 1. The van der Waals surface area contributed by atoms with Crippen LogP contribution in [0.5, 0.6) is 0 Å². The third-order valence-electron chi connectivity index (χ3n) is 4.65. The summed E-state index contributed by atoms with van der Waals surface area (Å²) < 4.78 is 11.1. The van der Waals surface area contributed by atoms with Crippen LogP contribution in [0, 0.1) is 0 Å². The van der Waals surface area contributed by atoms with Crippen molar-refractivity contribution in [2.75, 3.05) is 39.5 Å². The number of rotatable bonds is 5. The number of carbonyl (C=O) groups excluding carboxylic acids is 1. The van der Waals surface area contributed by atoms with Gasteiger partial charge in [0, 0.05) is 37.9 Å². The zero-order valence-electron chi connectivity index (χ0n) is 13.9. The third kappa shape index (κ3) is 4.70. The highest BCUT2D eigenvalue weighted by molar-refractivity contribution is 6.31. The summed E-state index contributed by atoms with van der Waals surface area (Å²) in [5.74, 6) is 0.153. The molecule has 0 aliphatic carbocycles. The Kier molecular flexibility index (Phi) is 6.49. The third-order valence-corrected chi connectivity index (χ3v) is 4.99. The van der Waals surface area contributed by atoms with Gasteiger partial charge < -0.3 is 19.7 Å². The standard InChI is InChI=1S/C18H25ClN2O3/c19-16-4-2-1-3-15(16)17-13-21(9-8-20-17)18(22)7-12-24-14-5-10-23-11-6-14/h1-4,14,17,20H,5-13H2. The highest BCUT2D eigenvalue weighted by atomic mass is 35.5. The average Bonchev–Trinajstić information content (AvgIpc) is 2.63. The van der Waals surface area contributed by atoms with Crippen molar-refractivity contribution in [1.29, 1.82) is 0 Å². The molecule has 2 aliphatic rings. The van der Waals surface area contributed by atoms with Crippen molar-refractivity contribution in [2.45, 2.75) is 31.4 Å². The van der Waals surface area contributed by atoms with Gasteiger partial charge in [0.1, 0.15) is 0 Å². The maximum atomic E-state index is 12.5. The zero-order chi connectivity index (χ0) is 16.8. The summed E-state index contributed by atoms with van der Waals surface area (Å²) >= 11 is 6.28. The number of amides is 1. The van der Waals surface area contributed by atoms with Crippen molar-refractivity contribution in [3.8, 4) is 0 Å². The molecule has 2 heterocycles. The number of carbonyl (C=O) groups is 1. The normalized spacial score (nSPS) is 22.5. The summed E-state index contributed by atoms with van der Waals surface area (Å²) in [5.41, 5.74) is 1.05. The Morgan fingerprint density at radius 2 is 2.12 bits per heavy atom. The number of benzene rings is 1. The summed E-state index contributed by atoms with van der Waals surface area (Å²) in [7, 11) is 0. The van der Waals surface area contributed by atoms with Crippen molar-refractivity contribution in [2.24, 2.45) is 0 Å². The van der Waals surface area contributed by atoms with Gasteiger partial charge in [0.25, 0.3) is 0 Å². The molecule has 1 aromatic rings. The molecule has 1 amide bonds. The predicted octanol–water partition coefficient (Wildman–Crippen LogP) is 2.40. The SMILES string of the molecule is O=C(CCOC1CCOCC1)N1CCNC(c2ccccc2Cl)C1. The van der Waals surface area contributed by atoms with E-state index in [0.717, 1.165) is 49.7 Å². The van der Waals surface area contributed by atoms with E-state index < -0.39 is 0 Å². The number of piperazine rings is 1. The smallest absolute Gasteiger partial charge is 0.224 e. The van der Waals surface area contributed by atoms with Gasteiger partial charge in [0.05, 0.1) is 25.2 Å². The molecule has 1 N–H and O–H groups in total. The molecule has 1 unspecified atom stereocenters. The van der Waals surface area contributed by atoms with E-state index in [1.54, 1.807) is 0 Å². The van der Waals surface area contributed by atoms with Gasteiger partial charge in [-0.1, -0.05) is 29.8 Å². The molecule has 6 heteroatoms. The van der Waals surface area contributed by atoms with Crippen LogP contribution < -0.4 is 5.32 Å². The summed E-state index contributed by atoms with van der Waals surface area (Å²) in [5, 5.41) is 4.19. The fourth-order valence-electron chi connectivity index (χ4n) is 3.26. The molecule has 2 fully saturated rings. The van der Waals surface area contributed by atoms with E-state index in [-0.39, 0.29) is 18.1 Å². The minimum atomic E-state index is 0.0906. The number of hydrogen-bond donors (Lipinski definition) is 1. The van der Waals surface area contributed by atoms with Gasteiger partial charge in [0.2, 0.25) is 5.91 Å². The number of ether oxygens (including phenoxy) is 2. The number of hydrogen-bond acceptors (Lipinski definition) is 4. The lowest BCUT2D eigenvalue weighted by molar-refractivity contribution is -0.134. The topological polar surface area (TPSA) is 50.8 Å². The monoisotopic (exact) mass is 352 g/mol. The van der Waals surface area contributed by atoms with E-state index in [4.69, 9.17) is 21.1 Å². The first-order valence-electron chi connectivity index (χ1n) is 8.69. The lowest BCUT2D eigenvalue weighted by Gasteiger charge is -2.34. The minimum absolute atomic E-state index is 0.0906. The Bertz CT molecular complexity index is 549. The Balaban J connectivity index is 1.47. The molecule has 24 heavy (non-hydrogen) atoms. The lowest BCUT2D eigenvalue weighted by atomic mass is 10.0. The van der Waals surface area contributed by atoms with E-state index in [9.17, 15) is 4.79 Å². The van der Waals surface area contributed by atoms with Gasteiger partial charge in [-0.05, 0) is 24.5 Å². The van der Waals surface area contributed by atoms with Crippen molar-refractivity contribution in [3.63, 3.8) is 0 Å². The summed E-state index contributed by atoms with van der Waals surface area (Å²) in [6.45, 7) is 4.18. The van der Waals surface area contributed by atoms with Crippen LogP contribution >= 0.6 is 11.6 Å². The van der Waals surface area contributed by atoms with Crippen molar-refractivity contribution >= 4 is 17.5 Å². The second-order valence-electron chi connectivity index (χ2n) is 6.30. The predicted molar refractivity (Wildman–Crippen MR) is 93.2 cm³/mol. The molecule has 0 spiro atoms. The van der Waals surface area contributed by atoms with Crippen LogP contribution in [0.2, 0.25) is 5.02 Å². The molecule has 3 rings (SSSR count). The van der Waals surface area contributed by atoms with Crippen LogP contribution in [0.3, 0.4) is 0 Å². The van der Waals surface area contributed by atoms with Gasteiger partial charge in [-0.2, -0.15) is 0 Å². The molecule has 5 nitrogen and oxygen atoms in total. The fraction of sp³-hybridized carbons (Fsp3) is 0.611. The van der Waals surface area contributed by atoms with Gasteiger partial charge in [0.15, 0.2) is 0 Å². The maximum absolute atomic E-state index is 12.5. The van der Waals surface area contributed by atoms with Gasteiger partial charge in [-0.3, -0.25) is 4.79 Å². The lowest BCUT2D eigenvalue weighted by Crippen LogP contribution is -2.48. The highest BCUT2D eigenvalue weighted by Gasteiger charge is 2.25. The molecule has 132 valence electrons. The van der Waals surface area contributed by atoms with Crippen LogP contribution in [-0.2, 0) is 14.3 Å². The molecular formula is C18H25ClN2O3. The second kappa shape index (κ2) is 8.81. The Labute approximate surface area is 148 Å². The Morgan fingerprint density at radius 3 is 2.92 bits per heavy atom. The minimum Gasteiger partial charge on any atom is -0.381 e. The largest absolute Gasteiger partial charge is 0.381 e. The van der Waals surface area contributed by atoms with Crippen molar-refractivity contribution in [3.05, 3.63) is 34.9 Å². The molecule has 0 radical (unpaired) electrons. The fourth-order valence-corrected chi connectivity index (χ4v) is 3.52. The van der Waals surface area contributed by atoms with Crippen molar-refractivity contribution in [1.82, 2.24) is 10.2 Å². The average molecular weight is 353 g/mol. The molecule has 0 bridgehead atoms. The number of halogens is 1. The molecule has 2 aliphatic heterocycles. The molecule has 1 atom stereocenters. The van der Waals surface area contributed by atoms with Crippen LogP contribution in [0.1, 0.15) is 30.9 Å². The van der Waals surface area contributed by atoms with Crippen LogP contribution in [-0.4, -0.2) is 56.4 Å². The first kappa shape index (κ1) is 17.7. The second-order valence-corrected chi connectivity index (χ2v) is 6.71. The summed E-state index contributed by atoms with van der Waals surface area (Å²) in [6, 6.07) is 7.90. The Hall–Kier alpha value is -1.14. The van der Waals surface area contributed by atoms with E-state index >= 15 is 0 Å². The summed E-state index contributed by atoms with van der Waals surface area (Å²) in [4.78, 5) is 14.4. The molecule has 0 aromatic heterocycles. The van der Waals surface area contributed by atoms with Gasteiger partial charge in [-0.15, -0.1) is 0 Å². The van der Waals surface area contributed by atoms with E-state index in [0.29, 0.717) is 19.6 Å². The van der Waals surface area contributed by atoms with Crippen LogP contribution in [0.4, 0.5) is 0 Å². The number of nitrogens with one attached hydrogen (secondary N) is 1. The van der Waals surface area contributed by atoms with Gasteiger partial charge in [-0.25, -0.2) is 0 Å². The molecule has 2 saturated heterocycles. The van der Waals surface area contributed by atoms with Gasteiger partial charge >= 0.3 is 0 Å².